The molecule has 0 aliphatic carbocycles. The van der Waals surface area contributed by atoms with Crippen LogP contribution >= 0.6 is 0 Å². The molecule has 0 fully saturated rings. The smallest absolute Gasteiger partial charge is 0.125 e. The third-order valence-corrected chi connectivity index (χ3v) is 3.37. The standard InChI is InChI=1S/C17H21N3O/c1-17(2,3)18-11-14-8-9-15(21-14)12-20-16-7-5-4-6-13(16)10-19-20/h4-10,18H,11-12H2,1-3H3. The Labute approximate surface area is 124 Å². The molecular formula is C17H21N3O. The van der Waals surface area contributed by atoms with Gasteiger partial charge in [0, 0.05) is 10.9 Å². The van der Waals surface area contributed by atoms with Crippen LogP contribution < -0.4 is 5.32 Å². The molecule has 0 atom stereocenters. The summed E-state index contributed by atoms with van der Waals surface area (Å²) in [4.78, 5) is 0. The summed E-state index contributed by atoms with van der Waals surface area (Å²) in [6, 6.07) is 12.3. The molecule has 4 nitrogen and oxygen atoms in total. The predicted octanol–water partition coefficient (Wildman–Crippen LogP) is 3.57. The maximum Gasteiger partial charge on any atom is 0.125 e. The van der Waals surface area contributed by atoms with Gasteiger partial charge in [-0.1, -0.05) is 18.2 Å². The number of furan rings is 1. The van der Waals surface area contributed by atoms with Crippen molar-refractivity contribution in [2.45, 2.75) is 39.4 Å². The van der Waals surface area contributed by atoms with E-state index in [1.807, 2.05) is 35.1 Å². The fraction of sp³-hybridized carbons (Fsp3) is 0.353. The maximum absolute atomic E-state index is 5.88. The summed E-state index contributed by atoms with van der Waals surface area (Å²) in [5.41, 5.74) is 1.22. The van der Waals surface area contributed by atoms with E-state index in [4.69, 9.17) is 4.42 Å². The minimum atomic E-state index is 0.0884. The van der Waals surface area contributed by atoms with Gasteiger partial charge in [0.2, 0.25) is 0 Å². The van der Waals surface area contributed by atoms with Crippen molar-refractivity contribution < 1.29 is 4.42 Å². The second-order valence-electron chi connectivity index (χ2n) is 6.33. The Hall–Kier alpha value is -2.07. The Balaban J connectivity index is 1.72. The maximum atomic E-state index is 5.88. The molecule has 0 spiro atoms. The van der Waals surface area contributed by atoms with E-state index in [-0.39, 0.29) is 5.54 Å². The zero-order valence-electron chi connectivity index (χ0n) is 12.8. The summed E-state index contributed by atoms with van der Waals surface area (Å²) in [6.45, 7) is 7.83. The Bertz CT molecular complexity index is 734. The van der Waals surface area contributed by atoms with Gasteiger partial charge in [0.15, 0.2) is 0 Å². The number of hydrogen-bond acceptors (Lipinski definition) is 3. The Morgan fingerprint density at radius 3 is 2.67 bits per heavy atom. The van der Waals surface area contributed by atoms with E-state index in [9.17, 15) is 0 Å². The van der Waals surface area contributed by atoms with E-state index in [0.29, 0.717) is 6.54 Å². The molecule has 3 rings (SSSR count). The fourth-order valence-corrected chi connectivity index (χ4v) is 2.25. The average molecular weight is 283 g/mol. The van der Waals surface area contributed by atoms with Crippen molar-refractivity contribution in [2.24, 2.45) is 0 Å². The highest BCUT2D eigenvalue weighted by Gasteiger charge is 2.11. The van der Waals surface area contributed by atoms with Gasteiger partial charge in [0.25, 0.3) is 0 Å². The molecule has 0 bridgehead atoms. The summed E-state index contributed by atoms with van der Waals surface area (Å²) in [6.07, 6.45) is 1.89. The molecule has 2 heterocycles. The van der Waals surface area contributed by atoms with Crippen molar-refractivity contribution in [3.8, 4) is 0 Å². The van der Waals surface area contributed by atoms with Crippen LogP contribution in [0.4, 0.5) is 0 Å². The normalized spacial score (nSPS) is 12.1. The molecule has 1 N–H and O–H groups in total. The van der Waals surface area contributed by atoms with Gasteiger partial charge in [-0.3, -0.25) is 4.68 Å². The van der Waals surface area contributed by atoms with Crippen LogP contribution in [-0.4, -0.2) is 15.3 Å². The number of nitrogens with zero attached hydrogens (tertiary/aromatic N) is 2. The van der Waals surface area contributed by atoms with Crippen molar-refractivity contribution in [2.75, 3.05) is 0 Å². The molecular weight excluding hydrogens is 262 g/mol. The number of benzene rings is 1. The minimum absolute atomic E-state index is 0.0884. The summed E-state index contributed by atoms with van der Waals surface area (Å²) in [5, 5.41) is 9.00. The lowest BCUT2D eigenvalue weighted by atomic mass is 10.1. The molecule has 0 saturated heterocycles. The Kier molecular flexibility index (Phi) is 3.55. The van der Waals surface area contributed by atoms with Crippen LogP contribution in [0.3, 0.4) is 0 Å². The largest absolute Gasteiger partial charge is 0.463 e. The van der Waals surface area contributed by atoms with Crippen LogP contribution in [0.15, 0.2) is 47.0 Å². The van der Waals surface area contributed by atoms with Crippen LogP contribution in [0.25, 0.3) is 10.9 Å². The highest BCUT2D eigenvalue weighted by molar-refractivity contribution is 5.78. The van der Waals surface area contributed by atoms with Gasteiger partial charge in [-0.05, 0) is 39.0 Å². The number of para-hydroxylation sites is 1. The topological polar surface area (TPSA) is 43.0 Å². The number of aromatic nitrogens is 2. The summed E-state index contributed by atoms with van der Waals surface area (Å²) < 4.78 is 7.85. The molecule has 0 radical (unpaired) electrons. The number of rotatable bonds is 4. The van der Waals surface area contributed by atoms with Crippen LogP contribution in [0.2, 0.25) is 0 Å². The second kappa shape index (κ2) is 5.37. The van der Waals surface area contributed by atoms with E-state index >= 15 is 0 Å². The molecule has 2 aromatic heterocycles. The van der Waals surface area contributed by atoms with Crippen LogP contribution in [0, 0.1) is 0 Å². The first kappa shape index (κ1) is 13.9. The Morgan fingerprint density at radius 1 is 1.10 bits per heavy atom. The molecule has 0 saturated carbocycles. The van der Waals surface area contributed by atoms with Gasteiger partial charge < -0.3 is 9.73 Å². The first-order chi connectivity index (χ1) is 10.0. The van der Waals surface area contributed by atoms with Crippen molar-refractivity contribution in [3.63, 3.8) is 0 Å². The number of hydrogen-bond donors (Lipinski definition) is 1. The summed E-state index contributed by atoms with van der Waals surface area (Å²) in [7, 11) is 0. The number of nitrogens with one attached hydrogen (secondary N) is 1. The van der Waals surface area contributed by atoms with Crippen molar-refractivity contribution in [1.29, 1.82) is 0 Å². The quantitative estimate of drug-likeness (QED) is 0.796. The lowest BCUT2D eigenvalue weighted by Gasteiger charge is -2.19. The molecule has 0 aliphatic rings. The third kappa shape index (κ3) is 3.34. The fourth-order valence-electron chi connectivity index (χ4n) is 2.25. The van der Waals surface area contributed by atoms with Crippen LogP contribution in [0.5, 0.6) is 0 Å². The van der Waals surface area contributed by atoms with Crippen LogP contribution in [0.1, 0.15) is 32.3 Å². The van der Waals surface area contributed by atoms with Crippen molar-refractivity contribution >= 4 is 10.9 Å². The molecule has 3 aromatic rings. The van der Waals surface area contributed by atoms with Crippen molar-refractivity contribution in [1.82, 2.24) is 15.1 Å². The lowest BCUT2D eigenvalue weighted by molar-refractivity contribution is 0.375. The highest BCUT2D eigenvalue weighted by atomic mass is 16.3. The first-order valence-electron chi connectivity index (χ1n) is 7.24. The SMILES string of the molecule is CC(C)(C)NCc1ccc(Cn2ncc3ccccc32)o1. The summed E-state index contributed by atoms with van der Waals surface area (Å²) >= 11 is 0. The molecule has 0 amide bonds. The molecule has 0 unspecified atom stereocenters. The molecule has 1 aromatic carbocycles. The monoisotopic (exact) mass is 283 g/mol. The predicted molar refractivity (Wildman–Crippen MR) is 84.1 cm³/mol. The summed E-state index contributed by atoms with van der Waals surface area (Å²) in [5.74, 6) is 1.88. The zero-order valence-corrected chi connectivity index (χ0v) is 12.8. The second-order valence-corrected chi connectivity index (χ2v) is 6.33. The molecule has 0 aliphatic heterocycles. The third-order valence-electron chi connectivity index (χ3n) is 3.37. The van der Waals surface area contributed by atoms with Crippen LogP contribution in [-0.2, 0) is 13.1 Å². The van der Waals surface area contributed by atoms with E-state index < -0.39 is 0 Å². The van der Waals surface area contributed by atoms with Gasteiger partial charge in [0.05, 0.1) is 24.8 Å². The van der Waals surface area contributed by atoms with E-state index in [1.165, 1.54) is 0 Å². The van der Waals surface area contributed by atoms with Crippen molar-refractivity contribution in [3.05, 3.63) is 54.1 Å². The minimum Gasteiger partial charge on any atom is -0.463 e. The van der Waals surface area contributed by atoms with Gasteiger partial charge in [-0.2, -0.15) is 5.10 Å². The Morgan fingerprint density at radius 2 is 1.86 bits per heavy atom. The van der Waals surface area contributed by atoms with Gasteiger partial charge >= 0.3 is 0 Å². The van der Waals surface area contributed by atoms with E-state index in [0.717, 1.165) is 29.0 Å². The molecule has 21 heavy (non-hydrogen) atoms. The highest BCUT2D eigenvalue weighted by Crippen LogP contribution is 2.16. The van der Waals surface area contributed by atoms with Gasteiger partial charge in [-0.25, -0.2) is 0 Å². The zero-order chi connectivity index (χ0) is 14.9. The van der Waals surface area contributed by atoms with Gasteiger partial charge in [-0.15, -0.1) is 0 Å². The molecule has 4 heteroatoms. The van der Waals surface area contributed by atoms with E-state index in [1.54, 1.807) is 0 Å². The number of fused-ring (bicyclic) bond motifs is 1. The first-order valence-corrected chi connectivity index (χ1v) is 7.24. The van der Waals surface area contributed by atoms with E-state index in [2.05, 4.69) is 43.3 Å². The average Bonchev–Trinajstić information content (AvgIpc) is 3.04. The lowest BCUT2D eigenvalue weighted by Crippen LogP contribution is -2.34. The molecule has 110 valence electrons. The van der Waals surface area contributed by atoms with Gasteiger partial charge in [0.1, 0.15) is 11.5 Å².